The van der Waals surface area contributed by atoms with Crippen LogP contribution in [0.2, 0.25) is 0 Å². The molecular formula is C28H48N4O2. The Morgan fingerprint density at radius 3 is 2.29 bits per heavy atom. The molecule has 0 aromatic rings. The van der Waals surface area contributed by atoms with Crippen molar-refractivity contribution < 1.29 is 9.57 Å². The Morgan fingerprint density at radius 1 is 0.647 bits per heavy atom. The fourth-order valence-corrected chi connectivity index (χ4v) is 9.14. The Bertz CT molecular complexity index is 688. The molecular weight excluding hydrogens is 424 g/mol. The van der Waals surface area contributed by atoms with Crippen molar-refractivity contribution in [2.75, 3.05) is 19.6 Å². The zero-order valence-electron chi connectivity index (χ0n) is 21.1. The van der Waals surface area contributed by atoms with E-state index in [0.717, 1.165) is 29.7 Å². The molecule has 0 aromatic heterocycles. The van der Waals surface area contributed by atoms with Gasteiger partial charge in [0.25, 0.3) is 0 Å². The first-order valence-electron chi connectivity index (χ1n) is 15.1. The summed E-state index contributed by atoms with van der Waals surface area (Å²) in [5.74, 6) is 4.88. The molecule has 6 heteroatoms. The zero-order chi connectivity index (χ0) is 22.5. The third kappa shape index (κ3) is 4.39. The van der Waals surface area contributed by atoms with Crippen molar-refractivity contribution in [3.05, 3.63) is 0 Å². The van der Waals surface area contributed by atoms with Crippen molar-refractivity contribution in [1.82, 2.24) is 21.0 Å². The lowest BCUT2D eigenvalue weighted by Crippen LogP contribution is -2.61. The second kappa shape index (κ2) is 9.90. The summed E-state index contributed by atoms with van der Waals surface area (Å²) < 4.78 is 6.43. The van der Waals surface area contributed by atoms with Gasteiger partial charge >= 0.3 is 0 Å². The van der Waals surface area contributed by atoms with Gasteiger partial charge < -0.3 is 4.74 Å². The van der Waals surface area contributed by atoms with Crippen LogP contribution in [0, 0.1) is 35.5 Å². The van der Waals surface area contributed by atoms with Crippen LogP contribution in [-0.2, 0) is 9.57 Å². The Hall–Kier alpha value is -0.240. The molecule has 7 fully saturated rings. The Labute approximate surface area is 206 Å². The van der Waals surface area contributed by atoms with Gasteiger partial charge in [-0.3, -0.25) is 20.4 Å². The number of nitrogens with zero attached hydrogens (tertiary/aromatic N) is 1. The van der Waals surface area contributed by atoms with E-state index >= 15 is 0 Å². The van der Waals surface area contributed by atoms with Crippen LogP contribution in [0.25, 0.3) is 0 Å². The highest BCUT2D eigenvalue weighted by atomic mass is 16.7. The smallest absolute Gasteiger partial charge is 0.133 e. The summed E-state index contributed by atoms with van der Waals surface area (Å²) in [7, 11) is 0. The molecule has 34 heavy (non-hydrogen) atoms. The second-order valence-electron chi connectivity index (χ2n) is 13.1. The topological polar surface area (TPSA) is 57.8 Å². The number of piperidine rings is 1. The van der Waals surface area contributed by atoms with Crippen LogP contribution in [0.1, 0.15) is 89.9 Å². The molecule has 7 unspecified atom stereocenters. The molecule has 0 amide bonds. The van der Waals surface area contributed by atoms with Gasteiger partial charge in [0.05, 0.1) is 12.3 Å². The third-order valence-electron chi connectivity index (χ3n) is 11.2. The van der Waals surface area contributed by atoms with E-state index < -0.39 is 0 Å². The van der Waals surface area contributed by atoms with Gasteiger partial charge in [0.2, 0.25) is 0 Å². The van der Waals surface area contributed by atoms with E-state index in [1.807, 2.05) is 0 Å². The SMILES string of the molecule is C1CCC(C2NC(C3CN(C4CCC(C5CNC6OC7CCCCC7C6C5)CC4)C3)NO2)CC1. The number of fused-ring (bicyclic) bond motifs is 3. The Balaban J connectivity index is 0.851. The second-order valence-corrected chi connectivity index (χ2v) is 13.1. The number of hydrogen-bond donors (Lipinski definition) is 3. The van der Waals surface area contributed by atoms with E-state index in [2.05, 4.69) is 21.0 Å². The Kier molecular flexibility index (Phi) is 6.68. The molecule has 0 bridgehead atoms. The van der Waals surface area contributed by atoms with Gasteiger partial charge in [-0.15, -0.1) is 0 Å². The van der Waals surface area contributed by atoms with Gasteiger partial charge in [-0.1, -0.05) is 32.1 Å². The van der Waals surface area contributed by atoms with Crippen LogP contribution in [0.3, 0.4) is 0 Å². The molecule has 7 aliphatic rings. The first kappa shape index (κ1) is 22.9. The van der Waals surface area contributed by atoms with Gasteiger partial charge in [0, 0.05) is 43.4 Å². The first-order chi connectivity index (χ1) is 16.8. The van der Waals surface area contributed by atoms with Crippen molar-refractivity contribution >= 4 is 0 Å². The molecule has 0 aromatic carbocycles. The third-order valence-corrected chi connectivity index (χ3v) is 11.2. The molecule has 0 spiro atoms. The summed E-state index contributed by atoms with van der Waals surface area (Å²) in [5, 5.41) is 7.64. The van der Waals surface area contributed by atoms with Gasteiger partial charge in [-0.05, 0) is 75.5 Å². The zero-order valence-corrected chi connectivity index (χ0v) is 21.1. The largest absolute Gasteiger partial charge is 0.360 e. The molecule has 3 saturated carbocycles. The number of hydroxylamine groups is 1. The standard InChI is InChI=1S/C28H48N4O2/c1-2-6-19(7-3-1)27-30-26(31-34-27)21-16-32(17-21)22-12-10-18(11-13-22)20-14-24-23-8-4-5-9-25(23)33-28(24)29-15-20/h18-31H,1-17H2. The molecule has 6 nitrogen and oxygen atoms in total. The number of nitrogens with one attached hydrogen (secondary N) is 3. The fourth-order valence-electron chi connectivity index (χ4n) is 9.14. The molecule has 4 saturated heterocycles. The minimum atomic E-state index is 0.243. The van der Waals surface area contributed by atoms with Crippen molar-refractivity contribution in [2.45, 2.75) is 121 Å². The predicted octanol–water partition coefficient (Wildman–Crippen LogP) is 3.97. The summed E-state index contributed by atoms with van der Waals surface area (Å²) in [6, 6.07) is 0.825. The molecule has 3 N–H and O–H groups in total. The van der Waals surface area contributed by atoms with Gasteiger partial charge in [-0.25, -0.2) is 0 Å². The van der Waals surface area contributed by atoms with Crippen LogP contribution in [-0.4, -0.2) is 55.3 Å². The van der Waals surface area contributed by atoms with Crippen molar-refractivity contribution in [2.24, 2.45) is 35.5 Å². The van der Waals surface area contributed by atoms with E-state index in [0.29, 0.717) is 30.3 Å². The fraction of sp³-hybridized carbons (Fsp3) is 1.00. The van der Waals surface area contributed by atoms with E-state index in [9.17, 15) is 0 Å². The van der Waals surface area contributed by atoms with Gasteiger partial charge in [0.1, 0.15) is 12.5 Å². The molecule has 7 atom stereocenters. The average Bonchev–Trinajstić information content (AvgIpc) is 3.49. The van der Waals surface area contributed by atoms with Crippen LogP contribution in [0.15, 0.2) is 0 Å². The maximum Gasteiger partial charge on any atom is 0.133 e. The number of likely N-dealkylation sites (tertiary alicyclic amines) is 1. The molecule has 192 valence electrons. The minimum Gasteiger partial charge on any atom is -0.360 e. The van der Waals surface area contributed by atoms with Crippen LogP contribution in [0.5, 0.6) is 0 Å². The Morgan fingerprint density at radius 2 is 1.44 bits per heavy atom. The van der Waals surface area contributed by atoms with Crippen molar-refractivity contribution in [3.63, 3.8) is 0 Å². The lowest BCUT2D eigenvalue weighted by Gasteiger charge is -2.49. The summed E-state index contributed by atoms with van der Waals surface area (Å²) in [6.07, 6.45) is 21.1. The normalized spacial score (nSPS) is 48.9. The van der Waals surface area contributed by atoms with E-state index in [4.69, 9.17) is 9.57 Å². The van der Waals surface area contributed by atoms with Gasteiger partial charge in [-0.2, -0.15) is 5.48 Å². The summed E-state index contributed by atoms with van der Waals surface area (Å²) >= 11 is 0. The van der Waals surface area contributed by atoms with E-state index in [1.165, 1.54) is 110 Å². The van der Waals surface area contributed by atoms with Crippen LogP contribution in [0.4, 0.5) is 0 Å². The molecule has 3 aliphatic carbocycles. The van der Waals surface area contributed by atoms with Gasteiger partial charge in [0.15, 0.2) is 0 Å². The average molecular weight is 473 g/mol. The van der Waals surface area contributed by atoms with Crippen LogP contribution < -0.4 is 16.1 Å². The number of rotatable bonds is 4. The summed E-state index contributed by atoms with van der Waals surface area (Å²) in [4.78, 5) is 8.77. The quantitative estimate of drug-likeness (QED) is 0.576. The molecule has 4 aliphatic heterocycles. The minimum absolute atomic E-state index is 0.243. The van der Waals surface area contributed by atoms with Crippen molar-refractivity contribution in [3.8, 4) is 0 Å². The monoisotopic (exact) mass is 472 g/mol. The lowest BCUT2D eigenvalue weighted by molar-refractivity contribution is -0.0382. The molecule has 4 heterocycles. The van der Waals surface area contributed by atoms with E-state index in [-0.39, 0.29) is 6.23 Å². The predicted molar refractivity (Wildman–Crippen MR) is 133 cm³/mol. The van der Waals surface area contributed by atoms with Crippen molar-refractivity contribution in [1.29, 1.82) is 0 Å². The van der Waals surface area contributed by atoms with E-state index in [1.54, 1.807) is 0 Å². The first-order valence-corrected chi connectivity index (χ1v) is 15.1. The molecule has 7 rings (SSSR count). The lowest BCUT2D eigenvalue weighted by atomic mass is 9.69. The highest BCUT2D eigenvalue weighted by molar-refractivity contribution is 4.98. The maximum absolute atomic E-state index is 6.43. The number of hydrogen-bond acceptors (Lipinski definition) is 6. The highest BCUT2D eigenvalue weighted by Gasteiger charge is 2.49. The summed E-state index contributed by atoms with van der Waals surface area (Å²) in [5.41, 5.74) is 3.36. The van der Waals surface area contributed by atoms with Crippen LogP contribution >= 0.6 is 0 Å². The highest BCUT2D eigenvalue weighted by Crippen LogP contribution is 2.48. The number of ether oxygens (including phenoxy) is 1. The molecule has 0 radical (unpaired) electrons. The summed E-state index contributed by atoms with van der Waals surface area (Å²) in [6.45, 7) is 3.69. The maximum atomic E-state index is 6.43.